The van der Waals surface area contributed by atoms with Crippen LogP contribution in [0.2, 0.25) is 0 Å². The van der Waals surface area contributed by atoms with Crippen molar-refractivity contribution >= 4 is 5.97 Å². The standard InChI is InChI=1S/C13H18O4.C4H8O2.C2H6/c14-11-6-7-16-12(8-11)9-17-13(15)10-4-2-1-3-5-10;1-3-6-4(2)5;1-2/h1-5,11-15H,6-9H2;3H2,1-2H3;1-2H3. The molecular weight excluding hydrogens is 324 g/mol. The van der Waals surface area contributed by atoms with Gasteiger partial charge in [-0.1, -0.05) is 44.2 Å². The Morgan fingerprint density at radius 3 is 2.44 bits per heavy atom. The highest BCUT2D eigenvalue weighted by Gasteiger charge is 2.22. The lowest BCUT2D eigenvalue weighted by Gasteiger charge is -2.27. The Morgan fingerprint density at radius 2 is 1.96 bits per heavy atom. The van der Waals surface area contributed by atoms with Gasteiger partial charge in [-0.2, -0.15) is 0 Å². The van der Waals surface area contributed by atoms with E-state index in [-0.39, 0.29) is 18.2 Å². The smallest absolute Gasteiger partial charge is 0.302 e. The SMILES string of the molecule is CC.CCOC(C)=O.OC1CCOC(COC(O)c2ccccc2)C1. The maximum atomic E-state index is 9.82. The molecule has 6 nitrogen and oxygen atoms in total. The number of hydrogen-bond donors (Lipinski definition) is 2. The molecule has 25 heavy (non-hydrogen) atoms. The van der Waals surface area contributed by atoms with Crippen LogP contribution in [0.1, 0.15) is 52.4 Å². The third-order valence-corrected chi connectivity index (χ3v) is 3.21. The van der Waals surface area contributed by atoms with Gasteiger partial charge in [0.1, 0.15) is 0 Å². The average Bonchev–Trinajstić information content (AvgIpc) is 2.62. The summed E-state index contributed by atoms with van der Waals surface area (Å²) in [5, 5.41) is 19.2. The van der Waals surface area contributed by atoms with E-state index in [4.69, 9.17) is 9.47 Å². The van der Waals surface area contributed by atoms with Crippen molar-refractivity contribution in [3.63, 3.8) is 0 Å². The molecule has 2 rings (SSSR count). The number of benzene rings is 1. The first-order chi connectivity index (χ1) is 12.0. The number of aliphatic hydroxyl groups excluding tert-OH is 2. The van der Waals surface area contributed by atoms with Crippen LogP contribution in [0.5, 0.6) is 0 Å². The number of ether oxygens (including phenoxy) is 3. The molecule has 0 saturated carbocycles. The molecule has 2 N–H and O–H groups in total. The minimum absolute atomic E-state index is 0.128. The van der Waals surface area contributed by atoms with Crippen LogP contribution in [0.3, 0.4) is 0 Å². The Hall–Kier alpha value is -1.47. The van der Waals surface area contributed by atoms with Gasteiger partial charge < -0.3 is 24.4 Å². The van der Waals surface area contributed by atoms with Crippen molar-refractivity contribution < 1.29 is 29.2 Å². The van der Waals surface area contributed by atoms with E-state index in [1.807, 2.05) is 32.0 Å². The van der Waals surface area contributed by atoms with E-state index in [2.05, 4.69) is 4.74 Å². The maximum Gasteiger partial charge on any atom is 0.302 e. The van der Waals surface area contributed by atoms with Gasteiger partial charge in [0.2, 0.25) is 0 Å². The van der Waals surface area contributed by atoms with Gasteiger partial charge in [0.15, 0.2) is 6.29 Å². The molecule has 1 aliphatic heterocycles. The lowest BCUT2D eigenvalue weighted by atomic mass is 10.1. The maximum absolute atomic E-state index is 9.82. The summed E-state index contributed by atoms with van der Waals surface area (Å²) in [4.78, 5) is 9.82. The van der Waals surface area contributed by atoms with E-state index in [0.717, 1.165) is 5.56 Å². The van der Waals surface area contributed by atoms with E-state index in [1.165, 1.54) is 6.92 Å². The van der Waals surface area contributed by atoms with Crippen LogP contribution < -0.4 is 0 Å². The number of rotatable bonds is 5. The molecule has 3 unspecified atom stereocenters. The predicted molar refractivity (Wildman–Crippen MR) is 96.0 cm³/mol. The highest BCUT2D eigenvalue weighted by Crippen LogP contribution is 2.18. The molecule has 0 spiro atoms. The van der Waals surface area contributed by atoms with Crippen LogP contribution in [-0.2, 0) is 19.0 Å². The van der Waals surface area contributed by atoms with E-state index >= 15 is 0 Å². The first-order valence-electron chi connectivity index (χ1n) is 8.80. The summed E-state index contributed by atoms with van der Waals surface area (Å²) in [5.41, 5.74) is 0.726. The molecular formula is C19H32O6. The molecule has 0 amide bonds. The first-order valence-corrected chi connectivity index (χ1v) is 8.80. The summed E-state index contributed by atoms with van der Waals surface area (Å²) >= 11 is 0. The van der Waals surface area contributed by atoms with Gasteiger partial charge in [-0.15, -0.1) is 0 Å². The van der Waals surface area contributed by atoms with Crippen molar-refractivity contribution in [3.05, 3.63) is 35.9 Å². The lowest BCUT2D eigenvalue weighted by molar-refractivity contribution is -0.150. The molecule has 0 bridgehead atoms. The Morgan fingerprint density at radius 1 is 1.32 bits per heavy atom. The molecule has 0 aliphatic carbocycles. The molecule has 1 aromatic carbocycles. The fraction of sp³-hybridized carbons (Fsp3) is 0.632. The van der Waals surface area contributed by atoms with Crippen LogP contribution in [0.4, 0.5) is 0 Å². The van der Waals surface area contributed by atoms with Crippen molar-refractivity contribution in [3.8, 4) is 0 Å². The molecule has 3 atom stereocenters. The third-order valence-electron chi connectivity index (χ3n) is 3.21. The summed E-state index contributed by atoms with van der Waals surface area (Å²) in [6.07, 6.45) is -0.124. The Bertz CT molecular complexity index is 437. The second kappa shape index (κ2) is 14.8. The van der Waals surface area contributed by atoms with Crippen LogP contribution in [0.15, 0.2) is 30.3 Å². The molecule has 0 aromatic heterocycles. The minimum Gasteiger partial charge on any atom is -0.466 e. The van der Waals surface area contributed by atoms with Crippen molar-refractivity contribution in [1.29, 1.82) is 0 Å². The second-order valence-electron chi connectivity index (χ2n) is 5.19. The van der Waals surface area contributed by atoms with Crippen molar-refractivity contribution in [2.75, 3.05) is 19.8 Å². The Labute approximate surface area is 150 Å². The minimum atomic E-state index is -0.932. The summed E-state index contributed by atoms with van der Waals surface area (Å²) in [6.45, 7) is 8.50. The van der Waals surface area contributed by atoms with E-state index < -0.39 is 6.29 Å². The summed E-state index contributed by atoms with van der Waals surface area (Å²) in [7, 11) is 0. The zero-order valence-corrected chi connectivity index (χ0v) is 15.7. The van der Waals surface area contributed by atoms with Gasteiger partial charge in [-0.3, -0.25) is 4.79 Å². The molecule has 1 heterocycles. The van der Waals surface area contributed by atoms with E-state index in [0.29, 0.717) is 32.7 Å². The molecule has 6 heteroatoms. The quantitative estimate of drug-likeness (QED) is 0.623. The molecule has 1 fully saturated rings. The summed E-state index contributed by atoms with van der Waals surface area (Å²) in [6, 6.07) is 9.20. The first kappa shape index (κ1) is 23.5. The Balaban J connectivity index is 0.000000614. The molecule has 1 aliphatic rings. The average molecular weight is 356 g/mol. The third kappa shape index (κ3) is 11.7. The van der Waals surface area contributed by atoms with E-state index in [9.17, 15) is 15.0 Å². The largest absolute Gasteiger partial charge is 0.466 e. The van der Waals surface area contributed by atoms with Gasteiger partial charge >= 0.3 is 5.97 Å². The van der Waals surface area contributed by atoms with Crippen molar-refractivity contribution in [2.24, 2.45) is 0 Å². The number of carbonyl (C=O) groups excluding carboxylic acids is 1. The zero-order valence-electron chi connectivity index (χ0n) is 15.7. The Kier molecular flexibility index (Phi) is 14.0. The van der Waals surface area contributed by atoms with Crippen LogP contribution in [0.25, 0.3) is 0 Å². The van der Waals surface area contributed by atoms with Gasteiger partial charge in [0.25, 0.3) is 0 Å². The van der Waals surface area contributed by atoms with Crippen molar-refractivity contribution in [1.82, 2.24) is 0 Å². The predicted octanol–water partition coefficient (Wildman–Crippen LogP) is 2.83. The topological polar surface area (TPSA) is 85.2 Å². The second-order valence-corrected chi connectivity index (χ2v) is 5.19. The van der Waals surface area contributed by atoms with Gasteiger partial charge in [-0.05, 0) is 13.3 Å². The normalized spacial score (nSPS) is 20.2. The van der Waals surface area contributed by atoms with Gasteiger partial charge in [0, 0.05) is 25.5 Å². The van der Waals surface area contributed by atoms with Crippen LogP contribution in [-0.4, -0.2) is 48.2 Å². The molecule has 144 valence electrons. The number of hydrogen-bond acceptors (Lipinski definition) is 6. The van der Waals surface area contributed by atoms with Gasteiger partial charge in [0.05, 0.1) is 25.4 Å². The summed E-state index contributed by atoms with van der Waals surface area (Å²) in [5.74, 6) is -0.211. The highest BCUT2D eigenvalue weighted by molar-refractivity contribution is 5.65. The molecule has 0 radical (unpaired) electrons. The fourth-order valence-electron chi connectivity index (χ4n) is 2.09. The highest BCUT2D eigenvalue weighted by atomic mass is 16.6. The lowest BCUT2D eigenvalue weighted by Crippen LogP contribution is -2.32. The fourth-order valence-corrected chi connectivity index (χ4v) is 2.09. The van der Waals surface area contributed by atoms with E-state index in [1.54, 1.807) is 19.1 Å². The number of esters is 1. The number of aliphatic hydroxyl groups is 2. The zero-order chi connectivity index (χ0) is 19.1. The monoisotopic (exact) mass is 356 g/mol. The molecule has 1 aromatic rings. The van der Waals surface area contributed by atoms with Crippen molar-refractivity contribution in [2.45, 2.75) is 59.0 Å². The summed E-state index contributed by atoms with van der Waals surface area (Å²) < 4.78 is 15.2. The van der Waals surface area contributed by atoms with Crippen LogP contribution in [0, 0.1) is 0 Å². The molecule has 1 saturated heterocycles. The van der Waals surface area contributed by atoms with Crippen LogP contribution >= 0.6 is 0 Å². The van der Waals surface area contributed by atoms with Gasteiger partial charge in [-0.25, -0.2) is 0 Å². The number of carbonyl (C=O) groups is 1.